The SMILES string of the molecule is COc1ccc(S(=O)(=O)N2CCN(C(=O)[C@@H](C)Sc3ccccc3)CC2)cc1. The predicted molar refractivity (Wildman–Crippen MR) is 110 cm³/mol. The largest absolute Gasteiger partial charge is 0.497 e. The van der Waals surface area contributed by atoms with Crippen molar-refractivity contribution in [3.63, 3.8) is 0 Å². The smallest absolute Gasteiger partial charge is 0.243 e. The number of thioether (sulfide) groups is 1. The molecular weight excluding hydrogens is 396 g/mol. The van der Waals surface area contributed by atoms with E-state index in [1.165, 1.54) is 23.2 Å². The monoisotopic (exact) mass is 420 g/mol. The molecule has 8 heteroatoms. The first kappa shape index (κ1) is 20.7. The van der Waals surface area contributed by atoms with Crippen molar-refractivity contribution in [3.8, 4) is 5.75 Å². The van der Waals surface area contributed by atoms with Crippen molar-refractivity contribution in [1.82, 2.24) is 9.21 Å². The molecule has 2 aromatic carbocycles. The van der Waals surface area contributed by atoms with E-state index in [0.29, 0.717) is 31.9 Å². The molecule has 1 aliphatic rings. The van der Waals surface area contributed by atoms with Gasteiger partial charge in [0.15, 0.2) is 0 Å². The van der Waals surface area contributed by atoms with Crippen LogP contribution in [0.1, 0.15) is 6.92 Å². The third-order valence-electron chi connectivity index (χ3n) is 4.65. The van der Waals surface area contributed by atoms with Crippen LogP contribution in [0.15, 0.2) is 64.4 Å². The summed E-state index contributed by atoms with van der Waals surface area (Å²) in [7, 11) is -2.03. The number of rotatable bonds is 6. The van der Waals surface area contributed by atoms with E-state index in [0.717, 1.165) is 4.90 Å². The number of benzene rings is 2. The lowest BCUT2D eigenvalue weighted by Crippen LogP contribution is -2.52. The lowest BCUT2D eigenvalue weighted by Gasteiger charge is -2.35. The van der Waals surface area contributed by atoms with Gasteiger partial charge in [-0.2, -0.15) is 4.31 Å². The summed E-state index contributed by atoms with van der Waals surface area (Å²) in [6.45, 7) is 3.27. The maximum absolute atomic E-state index is 12.8. The first-order valence-electron chi connectivity index (χ1n) is 9.06. The van der Waals surface area contributed by atoms with E-state index in [1.54, 1.807) is 29.2 Å². The third kappa shape index (κ3) is 4.68. The molecule has 1 saturated heterocycles. The summed E-state index contributed by atoms with van der Waals surface area (Å²) in [5.74, 6) is 0.648. The van der Waals surface area contributed by atoms with Crippen molar-refractivity contribution in [2.75, 3.05) is 33.3 Å². The molecule has 28 heavy (non-hydrogen) atoms. The van der Waals surface area contributed by atoms with Crippen molar-refractivity contribution < 1.29 is 17.9 Å². The minimum Gasteiger partial charge on any atom is -0.497 e. The lowest BCUT2D eigenvalue weighted by molar-refractivity contribution is -0.131. The maximum Gasteiger partial charge on any atom is 0.243 e. The molecule has 0 spiro atoms. The first-order chi connectivity index (χ1) is 13.4. The Morgan fingerprint density at radius 2 is 1.61 bits per heavy atom. The number of piperazine rings is 1. The van der Waals surface area contributed by atoms with Crippen LogP contribution in [0.2, 0.25) is 0 Å². The molecule has 150 valence electrons. The second kappa shape index (κ2) is 8.98. The van der Waals surface area contributed by atoms with Crippen LogP contribution in [0.4, 0.5) is 0 Å². The van der Waals surface area contributed by atoms with E-state index >= 15 is 0 Å². The molecule has 1 atom stereocenters. The van der Waals surface area contributed by atoms with Crippen LogP contribution in [0, 0.1) is 0 Å². The number of hydrogen-bond donors (Lipinski definition) is 0. The third-order valence-corrected chi connectivity index (χ3v) is 7.66. The average molecular weight is 421 g/mol. The van der Waals surface area contributed by atoms with Crippen molar-refractivity contribution >= 4 is 27.7 Å². The van der Waals surface area contributed by atoms with E-state index in [1.807, 2.05) is 37.3 Å². The highest BCUT2D eigenvalue weighted by Gasteiger charge is 2.31. The predicted octanol–water partition coefficient (Wildman–Crippen LogP) is 2.71. The second-order valence-corrected chi connectivity index (χ2v) is 9.83. The molecule has 2 aromatic rings. The van der Waals surface area contributed by atoms with E-state index < -0.39 is 10.0 Å². The fourth-order valence-corrected chi connectivity index (χ4v) is 5.45. The molecule has 0 bridgehead atoms. The molecule has 0 unspecified atom stereocenters. The summed E-state index contributed by atoms with van der Waals surface area (Å²) in [6.07, 6.45) is 0. The summed E-state index contributed by atoms with van der Waals surface area (Å²) in [6, 6.07) is 16.2. The van der Waals surface area contributed by atoms with Gasteiger partial charge in [0, 0.05) is 31.1 Å². The van der Waals surface area contributed by atoms with E-state index in [-0.39, 0.29) is 16.1 Å². The quantitative estimate of drug-likeness (QED) is 0.672. The van der Waals surface area contributed by atoms with Gasteiger partial charge in [0.25, 0.3) is 0 Å². The van der Waals surface area contributed by atoms with Gasteiger partial charge < -0.3 is 9.64 Å². The van der Waals surface area contributed by atoms with Crippen LogP contribution in [0.25, 0.3) is 0 Å². The highest BCUT2D eigenvalue weighted by molar-refractivity contribution is 8.00. The molecule has 0 radical (unpaired) electrons. The summed E-state index contributed by atoms with van der Waals surface area (Å²) < 4.78 is 32.1. The highest BCUT2D eigenvalue weighted by Crippen LogP contribution is 2.25. The van der Waals surface area contributed by atoms with Crippen molar-refractivity contribution in [2.24, 2.45) is 0 Å². The van der Waals surface area contributed by atoms with Gasteiger partial charge in [0.2, 0.25) is 15.9 Å². The Balaban J connectivity index is 1.59. The Bertz CT molecular complexity index is 894. The summed E-state index contributed by atoms with van der Waals surface area (Å²) in [5, 5.41) is -0.216. The standard InChI is InChI=1S/C20H24N2O4S2/c1-16(27-18-6-4-3-5-7-18)20(23)21-12-14-22(15-13-21)28(24,25)19-10-8-17(26-2)9-11-19/h3-11,16H,12-15H2,1-2H3/t16-/m1/s1. The molecule has 1 aliphatic heterocycles. The molecule has 0 N–H and O–H groups in total. The van der Waals surface area contributed by atoms with Gasteiger partial charge in [-0.1, -0.05) is 18.2 Å². The second-order valence-electron chi connectivity index (χ2n) is 6.48. The minimum absolute atomic E-state index is 0.0374. The molecule has 3 rings (SSSR count). The molecule has 0 aromatic heterocycles. The molecule has 1 heterocycles. The number of hydrogen-bond acceptors (Lipinski definition) is 5. The van der Waals surface area contributed by atoms with Crippen LogP contribution < -0.4 is 4.74 Å². The van der Waals surface area contributed by atoms with E-state index in [2.05, 4.69) is 0 Å². The number of ether oxygens (including phenoxy) is 1. The van der Waals surface area contributed by atoms with E-state index in [4.69, 9.17) is 4.74 Å². The normalized spacial score (nSPS) is 16.6. The van der Waals surface area contributed by atoms with Crippen LogP contribution in [-0.4, -0.2) is 62.1 Å². The average Bonchev–Trinajstić information content (AvgIpc) is 2.74. The Morgan fingerprint density at radius 1 is 1.00 bits per heavy atom. The van der Waals surface area contributed by atoms with Crippen molar-refractivity contribution in [2.45, 2.75) is 22.0 Å². The van der Waals surface area contributed by atoms with Gasteiger partial charge in [0.1, 0.15) is 5.75 Å². The van der Waals surface area contributed by atoms with Gasteiger partial charge in [-0.25, -0.2) is 8.42 Å². The fourth-order valence-electron chi connectivity index (χ4n) is 3.06. The van der Waals surface area contributed by atoms with Crippen LogP contribution in [0.5, 0.6) is 5.75 Å². The Hall–Kier alpha value is -2.03. The van der Waals surface area contributed by atoms with E-state index in [9.17, 15) is 13.2 Å². The van der Waals surface area contributed by atoms with Crippen molar-refractivity contribution in [1.29, 1.82) is 0 Å². The van der Waals surface area contributed by atoms with Gasteiger partial charge >= 0.3 is 0 Å². The zero-order valence-electron chi connectivity index (χ0n) is 15.9. The molecule has 6 nitrogen and oxygen atoms in total. The first-order valence-corrected chi connectivity index (χ1v) is 11.4. The molecule has 1 fully saturated rings. The molecule has 1 amide bonds. The topological polar surface area (TPSA) is 66.9 Å². The number of sulfonamides is 1. The number of nitrogens with zero attached hydrogens (tertiary/aromatic N) is 2. The number of amides is 1. The summed E-state index contributed by atoms with van der Waals surface area (Å²) >= 11 is 1.52. The number of carbonyl (C=O) groups is 1. The van der Waals surface area contributed by atoms with Gasteiger partial charge in [-0.15, -0.1) is 11.8 Å². The summed E-state index contributed by atoms with van der Waals surface area (Å²) in [5.41, 5.74) is 0. The molecular formula is C20H24N2O4S2. The Labute approximate surface area is 170 Å². The molecule has 0 aliphatic carbocycles. The van der Waals surface area contributed by atoms with Gasteiger partial charge in [-0.05, 0) is 43.3 Å². The highest BCUT2D eigenvalue weighted by atomic mass is 32.2. The maximum atomic E-state index is 12.8. The van der Waals surface area contributed by atoms with Crippen LogP contribution >= 0.6 is 11.8 Å². The zero-order valence-corrected chi connectivity index (χ0v) is 17.6. The van der Waals surface area contributed by atoms with Gasteiger partial charge in [0.05, 0.1) is 17.3 Å². The minimum atomic E-state index is -3.57. The van der Waals surface area contributed by atoms with Crippen LogP contribution in [-0.2, 0) is 14.8 Å². The lowest BCUT2D eigenvalue weighted by atomic mass is 10.3. The van der Waals surface area contributed by atoms with Crippen LogP contribution in [0.3, 0.4) is 0 Å². The van der Waals surface area contributed by atoms with Gasteiger partial charge in [-0.3, -0.25) is 4.79 Å². The zero-order chi connectivity index (χ0) is 20.1. The fraction of sp³-hybridized carbons (Fsp3) is 0.350. The van der Waals surface area contributed by atoms with Crippen molar-refractivity contribution in [3.05, 3.63) is 54.6 Å². The Kier molecular flexibility index (Phi) is 6.64. The molecule has 0 saturated carbocycles. The number of methoxy groups -OCH3 is 1. The Morgan fingerprint density at radius 3 is 2.18 bits per heavy atom. The summed E-state index contributed by atoms with van der Waals surface area (Å²) in [4.78, 5) is 15.8. The number of carbonyl (C=O) groups excluding carboxylic acids is 1.